The molecule has 0 saturated heterocycles. The van der Waals surface area contributed by atoms with Gasteiger partial charge in [-0.2, -0.15) is 0 Å². The highest BCUT2D eigenvalue weighted by atomic mass is 16.7. The molecule has 5 heteroatoms. The third-order valence-electron chi connectivity index (χ3n) is 2.38. The molecule has 0 atom stereocenters. The summed E-state index contributed by atoms with van der Waals surface area (Å²) in [6.07, 6.45) is 1.18. The number of benzene rings is 1. The molecule has 2 aromatic rings. The van der Waals surface area contributed by atoms with Crippen LogP contribution in [0.5, 0.6) is 0 Å². The molecule has 0 saturated carbocycles. The van der Waals surface area contributed by atoms with Gasteiger partial charge in [-0.1, -0.05) is 59.7 Å². The minimum atomic E-state index is -0.482. The molecule has 1 N–H and O–H groups in total. The lowest BCUT2D eigenvalue weighted by Gasteiger charge is -2.13. The van der Waals surface area contributed by atoms with E-state index in [-0.39, 0.29) is 0 Å². The molecule has 136 valence electrons. The van der Waals surface area contributed by atoms with Gasteiger partial charge in [0, 0.05) is 26.1 Å². The van der Waals surface area contributed by atoms with Crippen molar-refractivity contribution in [1.82, 2.24) is 9.97 Å². The van der Waals surface area contributed by atoms with Crippen molar-refractivity contribution in [1.29, 1.82) is 0 Å². The summed E-state index contributed by atoms with van der Waals surface area (Å²) in [7, 11) is 3.14. The fourth-order valence-electron chi connectivity index (χ4n) is 1.55. The second-order valence-electron chi connectivity index (χ2n) is 3.60. The lowest BCUT2D eigenvalue weighted by Crippen LogP contribution is -2.08. The molecule has 0 bridgehead atoms. The van der Waals surface area contributed by atoms with E-state index in [0.717, 1.165) is 5.69 Å². The normalized spacial score (nSPS) is 8.71. The molecule has 0 aliphatic rings. The number of hydrogen-bond acceptors (Lipinski definition) is 5. The summed E-state index contributed by atoms with van der Waals surface area (Å²) >= 11 is 0. The van der Waals surface area contributed by atoms with Gasteiger partial charge in [-0.3, -0.25) is 0 Å². The monoisotopic (exact) mass is 335 g/mol. The Balaban J connectivity index is 0. The third kappa shape index (κ3) is 9.22. The molecule has 0 fully saturated rings. The summed E-state index contributed by atoms with van der Waals surface area (Å²) in [6, 6.07) is 11.5. The topological polar surface area (TPSA) is 56.3 Å². The first-order valence-corrected chi connectivity index (χ1v) is 8.54. The van der Waals surface area contributed by atoms with Crippen LogP contribution in [0.1, 0.15) is 53.5 Å². The van der Waals surface area contributed by atoms with Crippen LogP contribution in [0, 0.1) is 0 Å². The van der Waals surface area contributed by atoms with Crippen LogP contribution < -0.4 is 5.32 Å². The first-order valence-electron chi connectivity index (χ1n) is 8.54. The van der Waals surface area contributed by atoms with Crippen molar-refractivity contribution in [2.45, 2.75) is 47.8 Å². The highest BCUT2D eigenvalue weighted by molar-refractivity contribution is 5.52. The molecule has 1 aromatic heterocycles. The molecule has 0 aliphatic carbocycles. The Morgan fingerprint density at radius 3 is 1.88 bits per heavy atom. The van der Waals surface area contributed by atoms with Gasteiger partial charge in [-0.05, 0) is 18.2 Å². The van der Waals surface area contributed by atoms with Crippen LogP contribution in [0.3, 0.4) is 0 Å². The van der Waals surface area contributed by atoms with Gasteiger partial charge >= 0.3 is 0 Å². The van der Waals surface area contributed by atoms with Crippen molar-refractivity contribution < 1.29 is 9.47 Å². The van der Waals surface area contributed by atoms with Crippen molar-refractivity contribution in [3.8, 4) is 0 Å². The molecule has 0 spiro atoms. The molecule has 5 nitrogen and oxygen atoms in total. The van der Waals surface area contributed by atoms with Gasteiger partial charge in [0.1, 0.15) is 5.69 Å². The van der Waals surface area contributed by atoms with Crippen LogP contribution in [0.4, 0.5) is 11.6 Å². The average Bonchev–Trinajstić information content (AvgIpc) is 2.69. The molecular formula is C19H33N3O2. The van der Waals surface area contributed by atoms with Crippen molar-refractivity contribution >= 4 is 11.6 Å². The number of nitrogens with one attached hydrogen (secondary N) is 1. The molecule has 24 heavy (non-hydrogen) atoms. The van der Waals surface area contributed by atoms with E-state index in [2.05, 4.69) is 15.3 Å². The molecule has 0 aliphatic heterocycles. The van der Waals surface area contributed by atoms with E-state index in [0.29, 0.717) is 11.6 Å². The lowest BCUT2D eigenvalue weighted by atomic mass is 10.3. The van der Waals surface area contributed by atoms with Crippen LogP contribution in [0.25, 0.3) is 0 Å². The molecule has 1 heterocycles. The quantitative estimate of drug-likeness (QED) is 0.722. The molecule has 0 radical (unpaired) electrons. The summed E-state index contributed by atoms with van der Waals surface area (Å²) in [6.45, 7) is 12.0. The highest BCUT2D eigenvalue weighted by Gasteiger charge is 2.11. The summed E-state index contributed by atoms with van der Waals surface area (Å²) in [5.41, 5.74) is 1.61. The van der Waals surface area contributed by atoms with E-state index in [1.54, 1.807) is 26.5 Å². The van der Waals surface area contributed by atoms with Crippen molar-refractivity contribution in [3.05, 3.63) is 48.3 Å². The summed E-state index contributed by atoms with van der Waals surface area (Å²) in [5.74, 6) is 0.512. The molecule has 0 unspecified atom stereocenters. The van der Waals surface area contributed by atoms with Crippen LogP contribution in [-0.4, -0.2) is 24.2 Å². The van der Waals surface area contributed by atoms with E-state index in [1.165, 1.54) is 0 Å². The largest absolute Gasteiger partial charge is 0.350 e. The standard InChI is InChI=1S/C13H15N3O2.3C2H6/c1-17-12(18-2)11-8-9-14-13(16-11)15-10-6-4-3-5-7-10;3*1-2/h3-9,12H,1-2H3,(H,14,15,16);3*1-2H3. The summed E-state index contributed by atoms with van der Waals surface area (Å²) < 4.78 is 10.3. The number of anilines is 2. The van der Waals surface area contributed by atoms with Gasteiger partial charge in [-0.25, -0.2) is 9.97 Å². The molecule has 2 rings (SSSR count). The van der Waals surface area contributed by atoms with Crippen LogP contribution >= 0.6 is 0 Å². The average molecular weight is 335 g/mol. The number of para-hydroxylation sites is 1. The number of hydrogen-bond donors (Lipinski definition) is 1. The second kappa shape index (κ2) is 17.4. The maximum Gasteiger partial charge on any atom is 0.227 e. The molecule has 0 amide bonds. The van der Waals surface area contributed by atoms with Crippen molar-refractivity contribution in [3.63, 3.8) is 0 Å². The Bertz CT molecular complexity index is 489. The number of ether oxygens (including phenoxy) is 2. The number of rotatable bonds is 5. The van der Waals surface area contributed by atoms with Gasteiger partial charge in [0.15, 0.2) is 0 Å². The van der Waals surface area contributed by atoms with Gasteiger partial charge < -0.3 is 14.8 Å². The highest BCUT2D eigenvalue weighted by Crippen LogP contribution is 2.17. The minimum Gasteiger partial charge on any atom is -0.350 e. The maximum atomic E-state index is 5.15. The van der Waals surface area contributed by atoms with Gasteiger partial charge in [0.25, 0.3) is 0 Å². The van der Waals surface area contributed by atoms with Gasteiger partial charge in [-0.15, -0.1) is 0 Å². The predicted molar refractivity (Wildman–Crippen MR) is 103 cm³/mol. The number of aromatic nitrogens is 2. The van der Waals surface area contributed by atoms with E-state index in [4.69, 9.17) is 9.47 Å². The summed E-state index contributed by atoms with van der Waals surface area (Å²) in [5, 5.41) is 3.11. The first-order chi connectivity index (χ1) is 11.8. The number of nitrogens with zero attached hydrogens (tertiary/aromatic N) is 2. The Hall–Kier alpha value is -1.98. The first kappa shape index (κ1) is 24.3. The van der Waals surface area contributed by atoms with Crippen LogP contribution in [0.15, 0.2) is 42.6 Å². The van der Waals surface area contributed by atoms with Crippen molar-refractivity contribution in [2.24, 2.45) is 0 Å². The Kier molecular flexibility index (Phi) is 17.6. The van der Waals surface area contributed by atoms with Gasteiger partial charge in [0.05, 0.1) is 0 Å². The Labute approximate surface area is 147 Å². The number of methoxy groups -OCH3 is 2. The van der Waals surface area contributed by atoms with E-state index in [1.807, 2.05) is 71.9 Å². The zero-order chi connectivity index (χ0) is 18.8. The maximum absolute atomic E-state index is 5.15. The fourth-order valence-corrected chi connectivity index (χ4v) is 1.55. The predicted octanol–water partition coefficient (Wildman–Crippen LogP) is 5.59. The smallest absolute Gasteiger partial charge is 0.227 e. The van der Waals surface area contributed by atoms with Crippen LogP contribution in [0.2, 0.25) is 0 Å². The zero-order valence-corrected chi connectivity index (χ0v) is 16.3. The van der Waals surface area contributed by atoms with E-state index < -0.39 is 6.29 Å². The third-order valence-corrected chi connectivity index (χ3v) is 2.38. The van der Waals surface area contributed by atoms with E-state index >= 15 is 0 Å². The molecular weight excluding hydrogens is 302 g/mol. The van der Waals surface area contributed by atoms with Gasteiger partial charge in [0.2, 0.25) is 12.2 Å². The zero-order valence-electron chi connectivity index (χ0n) is 16.3. The Morgan fingerprint density at radius 1 is 0.833 bits per heavy atom. The SMILES string of the molecule is CC.CC.CC.COC(OC)c1ccnc(Nc2ccccc2)n1. The minimum absolute atomic E-state index is 0.482. The van der Waals surface area contributed by atoms with E-state index in [9.17, 15) is 0 Å². The summed E-state index contributed by atoms with van der Waals surface area (Å²) in [4.78, 5) is 8.49. The Morgan fingerprint density at radius 2 is 1.38 bits per heavy atom. The van der Waals surface area contributed by atoms with Crippen LogP contribution in [-0.2, 0) is 9.47 Å². The molecule has 1 aromatic carbocycles. The van der Waals surface area contributed by atoms with Crippen molar-refractivity contribution in [2.75, 3.05) is 19.5 Å². The lowest BCUT2D eigenvalue weighted by molar-refractivity contribution is -0.108. The fraction of sp³-hybridized carbons (Fsp3) is 0.474. The second-order valence-corrected chi connectivity index (χ2v) is 3.60.